The minimum atomic E-state index is 0. The van der Waals surface area contributed by atoms with E-state index in [2.05, 4.69) is 68.4 Å². The van der Waals surface area contributed by atoms with Crippen molar-refractivity contribution in [2.24, 2.45) is 4.99 Å². The van der Waals surface area contributed by atoms with Crippen LogP contribution < -0.4 is 10.6 Å². The molecule has 0 unspecified atom stereocenters. The zero-order valence-electron chi connectivity index (χ0n) is 15.4. The van der Waals surface area contributed by atoms with Crippen molar-refractivity contribution in [1.82, 2.24) is 15.5 Å². The molecule has 2 aromatic rings. The highest BCUT2D eigenvalue weighted by atomic mass is 127. The Hall–Kier alpha value is -1.12. The molecule has 0 spiro atoms. The monoisotopic (exact) mass is 484 g/mol. The Labute approximate surface area is 178 Å². The Balaban J connectivity index is 0.00000243. The topological polar surface area (TPSA) is 39.7 Å². The zero-order chi connectivity index (χ0) is 17.3. The first-order valence-electron chi connectivity index (χ1n) is 9.09. The molecule has 2 heterocycles. The number of nitrogens with one attached hydrogen (secondary N) is 2. The Morgan fingerprint density at radius 1 is 1.15 bits per heavy atom. The molecule has 1 aromatic heterocycles. The van der Waals surface area contributed by atoms with Gasteiger partial charge in [-0.25, -0.2) is 0 Å². The predicted octanol–water partition coefficient (Wildman–Crippen LogP) is 3.74. The molecule has 1 aliphatic rings. The number of likely N-dealkylation sites (tertiary alicyclic amines) is 1. The SMILES string of the molecule is CN=C(NCCc1cccs1)NC1CCN(Cc2ccccc2)CC1.I. The Bertz CT molecular complexity index is 637. The van der Waals surface area contributed by atoms with Crippen LogP contribution in [0.3, 0.4) is 0 Å². The Morgan fingerprint density at radius 2 is 1.92 bits per heavy atom. The molecule has 0 bridgehead atoms. The second kappa shape index (κ2) is 11.6. The number of aliphatic imine (C=N–C) groups is 1. The first-order valence-corrected chi connectivity index (χ1v) is 9.97. The van der Waals surface area contributed by atoms with Gasteiger partial charge in [0.25, 0.3) is 0 Å². The lowest BCUT2D eigenvalue weighted by Gasteiger charge is -2.33. The second-order valence-corrected chi connectivity index (χ2v) is 7.54. The minimum absolute atomic E-state index is 0. The van der Waals surface area contributed by atoms with Crippen LogP contribution in [0.5, 0.6) is 0 Å². The highest BCUT2D eigenvalue weighted by Crippen LogP contribution is 2.14. The molecular weight excluding hydrogens is 455 g/mol. The molecule has 1 aromatic carbocycles. The summed E-state index contributed by atoms with van der Waals surface area (Å²) in [5.41, 5.74) is 1.40. The van der Waals surface area contributed by atoms with Gasteiger partial charge in [-0.15, -0.1) is 35.3 Å². The average molecular weight is 484 g/mol. The molecule has 0 aliphatic carbocycles. The lowest BCUT2D eigenvalue weighted by molar-refractivity contribution is 0.198. The fraction of sp³-hybridized carbons (Fsp3) is 0.450. The number of hydrogen-bond acceptors (Lipinski definition) is 3. The van der Waals surface area contributed by atoms with Crippen molar-refractivity contribution >= 4 is 41.3 Å². The third kappa shape index (κ3) is 6.89. The molecule has 1 aliphatic heterocycles. The first kappa shape index (κ1) is 21.2. The van der Waals surface area contributed by atoms with Crippen molar-refractivity contribution in [2.75, 3.05) is 26.7 Å². The van der Waals surface area contributed by atoms with Crippen LogP contribution in [0.2, 0.25) is 0 Å². The van der Waals surface area contributed by atoms with E-state index in [0.717, 1.165) is 38.6 Å². The van der Waals surface area contributed by atoms with Crippen LogP contribution in [0.25, 0.3) is 0 Å². The summed E-state index contributed by atoms with van der Waals surface area (Å²) in [4.78, 5) is 8.33. The fourth-order valence-electron chi connectivity index (χ4n) is 3.22. The predicted molar refractivity (Wildman–Crippen MR) is 123 cm³/mol. The van der Waals surface area contributed by atoms with Crippen LogP contribution in [0.15, 0.2) is 52.8 Å². The van der Waals surface area contributed by atoms with Crippen molar-refractivity contribution in [2.45, 2.75) is 31.8 Å². The quantitative estimate of drug-likeness (QED) is 0.373. The zero-order valence-corrected chi connectivity index (χ0v) is 18.5. The van der Waals surface area contributed by atoms with Crippen molar-refractivity contribution < 1.29 is 0 Å². The summed E-state index contributed by atoms with van der Waals surface area (Å²) in [5, 5.41) is 9.15. The van der Waals surface area contributed by atoms with Crippen LogP contribution in [-0.2, 0) is 13.0 Å². The van der Waals surface area contributed by atoms with Gasteiger partial charge in [0.05, 0.1) is 0 Å². The summed E-state index contributed by atoms with van der Waals surface area (Å²) in [6.07, 6.45) is 3.38. The third-order valence-corrected chi connectivity index (χ3v) is 5.58. The summed E-state index contributed by atoms with van der Waals surface area (Å²) >= 11 is 1.81. The van der Waals surface area contributed by atoms with Crippen molar-refractivity contribution in [1.29, 1.82) is 0 Å². The molecule has 0 atom stereocenters. The molecule has 4 nitrogen and oxygen atoms in total. The van der Waals surface area contributed by atoms with E-state index in [1.54, 1.807) is 0 Å². The van der Waals surface area contributed by atoms with Gasteiger partial charge in [0.15, 0.2) is 5.96 Å². The van der Waals surface area contributed by atoms with E-state index in [1.807, 2.05) is 18.4 Å². The van der Waals surface area contributed by atoms with Crippen LogP contribution in [0, 0.1) is 0 Å². The van der Waals surface area contributed by atoms with E-state index in [0.29, 0.717) is 6.04 Å². The van der Waals surface area contributed by atoms with Gasteiger partial charge >= 0.3 is 0 Å². The van der Waals surface area contributed by atoms with E-state index in [1.165, 1.54) is 23.3 Å². The van der Waals surface area contributed by atoms with Crippen LogP contribution >= 0.6 is 35.3 Å². The van der Waals surface area contributed by atoms with E-state index in [-0.39, 0.29) is 24.0 Å². The molecule has 2 N–H and O–H groups in total. The van der Waals surface area contributed by atoms with Crippen LogP contribution in [0.4, 0.5) is 0 Å². The number of benzene rings is 1. The Kier molecular flexibility index (Phi) is 9.42. The number of piperidine rings is 1. The number of thiophene rings is 1. The summed E-state index contributed by atoms with van der Waals surface area (Å²) in [6.45, 7) is 4.26. The maximum atomic E-state index is 4.37. The van der Waals surface area contributed by atoms with E-state index < -0.39 is 0 Å². The summed E-state index contributed by atoms with van der Waals surface area (Å²) in [7, 11) is 1.85. The first-order chi connectivity index (χ1) is 12.3. The van der Waals surface area contributed by atoms with Gasteiger partial charge in [0.1, 0.15) is 0 Å². The number of halogens is 1. The van der Waals surface area contributed by atoms with Gasteiger partial charge in [-0.3, -0.25) is 9.89 Å². The molecule has 26 heavy (non-hydrogen) atoms. The maximum Gasteiger partial charge on any atom is 0.191 e. The normalized spacial score (nSPS) is 16.1. The van der Waals surface area contributed by atoms with E-state index in [9.17, 15) is 0 Å². The minimum Gasteiger partial charge on any atom is -0.356 e. The van der Waals surface area contributed by atoms with Gasteiger partial charge < -0.3 is 10.6 Å². The lowest BCUT2D eigenvalue weighted by Crippen LogP contribution is -2.48. The molecule has 6 heteroatoms. The van der Waals surface area contributed by atoms with Crippen LogP contribution in [0.1, 0.15) is 23.3 Å². The van der Waals surface area contributed by atoms with Gasteiger partial charge in [-0.1, -0.05) is 36.4 Å². The van der Waals surface area contributed by atoms with Crippen molar-refractivity contribution in [3.63, 3.8) is 0 Å². The number of nitrogens with zero attached hydrogens (tertiary/aromatic N) is 2. The highest BCUT2D eigenvalue weighted by molar-refractivity contribution is 14.0. The smallest absolute Gasteiger partial charge is 0.191 e. The molecule has 0 radical (unpaired) electrons. The summed E-state index contributed by atoms with van der Waals surface area (Å²) < 4.78 is 0. The summed E-state index contributed by atoms with van der Waals surface area (Å²) in [5.74, 6) is 0.929. The summed E-state index contributed by atoms with van der Waals surface area (Å²) in [6, 6.07) is 15.6. The average Bonchev–Trinajstić information content (AvgIpc) is 3.17. The number of guanidine groups is 1. The van der Waals surface area contributed by atoms with Gasteiger partial charge in [-0.05, 0) is 36.3 Å². The second-order valence-electron chi connectivity index (χ2n) is 6.51. The number of hydrogen-bond donors (Lipinski definition) is 2. The lowest BCUT2D eigenvalue weighted by atomic mass is 10.0. The molecule has 1 saturated heterocycles. The molecule has 142 valence electrons. The van der Waals surface area contributed by atoms with Gasteiger partial charge in [0, 0.05) is 44.1 Å². The molecule has 0 amide bonds. The van der Waals surface area contributed by atoms with Crippen LogP contribution in [-0.4, -0.2) is 43.6 Å². The fourth-order valence-corrected chi connectivity index (χ4v) is 3.93. The Morgan fingerprint density at radius 3 is 2.58 bits per heavy atom. The van der Waals surface area contributed by atoms with Crippen molar-refractivity contribution in [3.05, 3.63) is 58.3 Å². The molecule has 3 rings (SSSR count). The third-order valence-electron chi connectivity index (χ3n) is 4.64. The molecule has 1 fully saturated rings. The van der Waals surface area contributed by atoms with Gasteiger partial charge in [-0.2, -0.15) is 0 Å². The van der Waals surface area contributed by atoms with Gasteiger partial charge in [0.2, 0.25) is 0 Å². The highest BCUT2D eigenvalue weighted by Gasteiger charge is 2.19. The standard InChI is InChI=1S/C20H28N4S.HI/c1-21-20(22-12-9-19-8-5-15-25-19)23-18-10-13-24(14-11-18)16-17-6-3-2-4-7-17;/h2-8,15,18H,9-14,16H2,1H3,(H2,21,22,23);1H. The maximum absolute atomic E-state index is 4.37. The molecule has 0 saturated carbocycles. The largest absolute Gasteiger partial charge is 0.356 e. The van der Waals surface area contributed by atoms with E-state index in [4.69, 9.17) is 0 Å². The molecular formula is C20H29IN4S. The van der Waals surface area contributed by atoms with Crippen molar-refractivity contribution in [3.8, 4) is 0 Å². The van der Waals surface area contributed by atoms with E-state index >= 15 is 0 Å². The number of rotatable bonds is 6.